The van der Waals surface area contributed by atoms with Crippen LogP contribution in [0.5, 0.6) is 0 Å². The maximum Gasteiger partial charge on any atom is 0.229 e. The zero-order chi connectivity index (χ0) is 26.4. The van der Waals surface area contributed by atoms with Crippen molar-refractivity contribution in [1.29, 1.82) is 0 Å². The van der Waals surface area contributed by atoms with Crippen LogP contribution in [-0.4, -0.2) is 66.5 Å². The number of aryl methyl sites for hydroxylation is 1. The predicted octanol–water partition coefficient (Wildman–Crippen LogP) is 4.94. The molecule has 5 heterocycles. The number of halogens is 2. The van der Waals surface area contributed by atoms with Gasteiger partial charge in [-0.25, -0.2) is 28.7 Å². The molecule has 0 aliphatic carbocycles. The first kappa shape index (κ1) is 24.8. The largest absolute Gasteiger partial charge is 0.325 e. The number of imidazole rings is 1. The van der Waals surface area contributed by atoms with E-state index < -0.39 is 11.6 Å². The van der Waals surface area contributed by atoms with Gasteiger partial charge in [0.1, 0.15) is 22.9 Å². The molecule has 0 spiro atoms. The number of pyridine rings is 1. The summed E-state index contributed by atoms with van der Waals surface area (Å²) in [5, 5.41) is 3.05. The maximum absolute atomic E-state index is 15.0. The molecule has 8 nitrogen and oxygen atoms in total. The number of benzene rings is 1. The Labute approximate surface area is 220 Å². The minimum atomic E-state index is -0.621. The van der Waals surface area contributed by atoms with E-state index in [4.69, 9.17) is 0 Å². The fraction of sp³-hybridized carbons (Fsp3) is 0.429. The molecule has 1 saturated heterocycles. The first-order valence-electron chi connectivity index (χ1n) is 13.3. The number of piperazine rings is 1. The molecule has 198 valence electrons. The Morgan fingerprint density at radius 3 is 2.55 bits per heavy atom. The lowest BCUT2D eigenvalue weighted by molar-refractivity contribution is 0.104. The summed E-state index contributed by atoms with van der Waals surface area (Å²) < 4.78 is 31.8. The van der Waals surface area contributed by atoms with E-state index in [1.807, 2.05) is 22.9 Å². The molecule has 4 aromatic rings. The van der Waals surface area contributed by atoms with Gasteiger partial charge in [0.25, 0.3) is 0 Å². The molecule has 0 bridgehead atoms. The van der Waals surface area contributed by atoms with Gasteiger partial charge in [-0.3, -0.25) is 9.80 Å². The van der Waals surface area contributed by atoms with Crippen molar-refractivity contribution in [3.05, 3.63) is 59.7 Å². The predicted molar refractivity (Wildman–Crippen MR) is 143 cm³/mol. The molecule has 10 heteroatoms. The van der Waals surface area contributed by atoms with Crippen LogP contribution in [0.4, 0.5) is 20.5 Å². The lowest BCUT2D eigenvalue weighted by atomic mass is 10.1. The van der Waals surface area contributed by atoms with Gasteiger partial charge in [-0.2, -0.15) is 0 Å². The van der Waals surface area contributed by atoms with Crippen molar-refractivity contribution in [3.8, 4) is 11.3 Å². The summed E-state index contributed by atoms with van der Waals surface area (Å²) >= 11 is 0. The Balaban J connectivity index is 1.19. The molecule has 0 amide bonds. The Bertz CT molecular complexity index is 1460. The average Bonchev–Trinajstić information content (AvgIpc) is 3.46. The van der Waals surface area contributed by atoms with E-state index >= 15 is 0 Å². The quantitative estimate of drug-likeness (QED) is 0.387. The van der Waals surface area contributed by atoms with Crippen LogP contribution in [0.25, 0.3) is 22.3 Å². The molecule has 2 aliphatic rings. The minimum absolute atomic E-state index is 0.0293. The molecular weight excluding hydrogens is 486 g/mol. The van der Waals surface area contributed by atoms with Gasteiger partial charge in [0.05, 0.1) is 11.7 Å². The number of nitrogens with zero attached hydrogens (tertiary/aromatic N) is 7. The molecule has 1 N–H and O–H groups in total. The van der Waals surface area contributed by atoms with Gasteiger partial charge in [-0.15, -0.1) is 0 Å². The summed E-state index contributed by atoms with van der Waals surface area (Å²) in [6.07, 6.45) is 4.70. The summed E-state index contributed by atoms with van der Waals surface area (Å²) in [6.45, 7) is 11.6. The van der Waals surface area contributed by atoms with Crippen LogP contribution in [0.2, 0.25) is 0 Å². The van der Waals surface area contributed by atoms with Crippen LogP contribution in [0.3, 0.4) is 0 Å². The lowest BCUT2D eigenvalue weighted by Gasteiger charge is -2.36. The Hall–Kier alpha value is -3.50. The molecule has 1 fully saturated rings. The standard InChI is InChI=1S/C28H32F2N8/c1-17(2)37-10-8-36(9-11-37)16-19-5-6-24(31-14-19)33-28-32-15-22(30)26(35-28)20-12-21(29)27-23(13-20)38-18(3)4-7-25(38)34-27/h5-6,12-15,17-18H,4,7-11,16H2,1-3H3,(H,31,32,33,35). The van der Waals surface area contributed by atoms with Crippen LogP contribution in [-0.2, 0) is 13.0 Å². The Morgan fingerprint density at radius 2 is 1.82 bits per heavy atom. The van der Waals surface area contributed by atoms with Crippen molar-refractivity contribution >= 4 is 22.8 Å². The number of anilines is 2. The Kier molecular flexibility index (Phi) is 6.53. The van der Waals surface area contributed by atoms with Crippen LogP contribution in [0.15, 0.2) is 36.7 Å². The van der Waals surface area contributed by atoms with Gasteiger partial charge < -0.3 is 9.88 Å². The number of hydrogen-bond acceptors (Lipinski definition) is 7. The van der Waals surface area contributed by atoms with E-state index in [-0.39, 0.29) is 17.7 Å². The third kappa shape index (κ3) is 4.74. The summed E-state index contributed by atoms with van der Waals surface area (Å²) in [5.41, 5.74) is 2.48. The topological polar surface area (TPSA) is 75.0 Å². The molecule has 0 saturated carbocycles. The smallest absolute Gasteiger partial charge is 0.229 e. The number of nitrogens with one attached hydrogen (secondary N) is 1. The highest BCUT2D eigenvalue weighted by molar-refractivity contribution is 5.83. The minimum Gasteiger partial charge on any atom is -0.325 e. The summed E-state index contributed by atoms with van der Waals surface area (Å²) in [7, 11) is 0. The molecule has 0 radical (unpaired) electrons. The second-order valence-electron chi connectivity index (χ2n) is 10.6. The summed E-state index contributed by atoms with van der Waals surface area (Å²) in [5.74, 6) is 0.506. The molecule has 1 aromatic carbocycles. The van der Waals surface area contributed by atoms with Crippen molar-refractivity contribution in [2.24, 2.45) is 0 Å². The highest BCUT2D eigenvalue weighted by Gasteiger charge is 2.25. The van der Waals surface area contributed by atoms with Gasteiger partial charge in [-0.05, 0) is 51.0 Å². The molecule has 1 atom stereocenters. The molecule has 3 aromatic heterocycles. The zero-order valence-electron chi connectivity index (χ0n) is 22.0. The van der Waals surface area contributed by atoms with Crippen molar-refractivity contribution in [1.82, 2.24) is 34.3 Å². The van der Waals surface area contributed by atoms with Crippen LogP contribution in [0, 0.1) is 11.6 Å². The first-order valence-corrected chi connectivity index (χ1v) is 13.3. The van der Waals surface area contributed by atoms with E-state index in [1.54, 1.807) is 6.07 Å². The fourth-order valence-electron chi connectivity index (χ4n) is 5.51. The van der Waals surface area contributed by atoms with E-state index in [1.165, 1.54) is 6.07 Å². The monoisotopic (exact) mass is 518 g/mol. The van der Waals surface area contributed by atoms with Crippen LogP contribution in [0.1, 0.15) is 44.6 Å². The molecule has 2 aliphatic heterocycles. The highest BCUT2D eigenvalue weighted by Crippen LogP contribution is 2.34. The summed E-state index contributed by atoms with van der Waals surface area (Å²) in [4.78, 5) is 22.4. The van der Waals surface area contributed by atoms with Crippen molar-refractivity contribution in [2.75, 3.05) is 31.5 Å². The third-order valence-electron chi connectivity index (χ3n) is 7.67. The van der Waals surface area contributed by atoms with Gasteiger partial charge >= 0.3 is 0 Å². The van der Waals surface area contributed by atoms with E-state index in [9.17, 15) is 8.78 Å². The third-order valence-corrected chi connectivity index (χ3v) is 7.67. The van der Waals surface area contributed by atoms with E-state index in [0.29, 0.717) is 28.5 Å². The number of hydrogen-bond donors (Lipinski definition) is 1. The lowest BCUT2D eigenvalue weighted by Crippen LogP contribution is -2.48. The Morgan fingerprint density at radius 1 is 1.00 bits per heavy atom. The van der Waals surface area contributed by atoms with Crippen molar-refractivity contribution in [3.63, 3.8) is 0 Å². The van der Waals surface area contributed by atoms with E-state index in [2.05, 4.69) is 55.8 Å². The molecular formula is C28H32F2N8. The maximum atomic E-state index is 15.0. The molecule has 6 rings (SSSR count). The highest BCUT2D eigenvalue weighted by atomic mass is 19.1. The SMILES string of the molecule is CC(C)N1CCN(Cc2ccc(Nc3ncc(F)c(-c4cc(F)c5nc6n(c5c4)C(C)CC6)n3)nc2)CC1. The zero-order valence-corrected chi connectivity index (χ0v) is 22.0. The van der Waals surface area contributed by atoms with Crippen molar-refractivity contribution in [2.45, 2.75) is 52.2 Å². The second kappa shape index (κ2) is 9.99. The first-order chi connectivity index (χ1) is 18.4. The second-order valence-corrected chi connectivity index (χ2v) is 10.6. The normalized spacial score (nSPS) is 18.4. The van der Waals surface area contributed by atoms with Crippen LogP contribution >= 0.6 is 0 Å². The van der Waals surface area contributed by atoms with Gasteiger partial charge in [-0.1, -0.05) is 6.07 Å². The van der Waals surface area contributed by atoms with Gasteiger partial charge in [0.15, 0.2) is 11.6 Å². The molecule has 38 heavy (non-hydrogen) atoms. The van der Waals surface area contributed by atoms with Crippen LogP contribution < -0.4 is 5.32 Å². The van der Waals surface area contributed by atoms with Gasteiger partial charge in [0.2, 0.25) is 5.95 Å². The number of rotatable bonds is 6. The van der Waals surface area contributed by atoms with E-state index in [0.717, 1.165) is 63.2 Å². The summed E-state index contributed by atoms with van der Waals surface area (Å²) in [6, 6.07) is 7.75. The molecule has 1 unspecified atom stereocenters. The van der Waals surface area contributed by atoms with Crippen molar-refractivity contribution < 1.29 is 8.78 Å². The number of fused-ring (bicyclic) bond motifs is 3. The number of aromatic nitrogens is 5. The average molecular weight is 519 g/mol. The fourth-order valence-corrected chi connectivity index (χ4v) is 5.51. The van der Waals surface area contributed by atoms with Gasteiger partial charge in [0, 0.05) is 63.0 Å².